The van der Waals surface area contributed by atoms with Gasteiger partial charge in [0.1, 0.15) is 5.69 Å². The summed E-state index contributed by atoms with van der Waals surface area (Å²) < 4.78 is 5.52. The molecule has 2 aromatic carbocycles. The molecule has 226 valence electrons. The van der Waals surface area contributed by atoms with Gasteiger partial charge in [-0.2, -0.15) is 0 Å². The molecule has 1 aliphatic heterocycles. The molecular weight excluding hydrogens is 548 g/mol. The fraction of sp³-hybridized carbons (Fsp3) is 0.257. The summed E-state index contributed by atoms with van der Waals surface area (Å²) in [5, 5.41) is 8.02. The number of H-pyrrole nitrogens is 1. The summed E-state index contributed by atoms with van der Waals surface area (Å²) in [6.45, 7) is 13.3. The third-order valence-electron chi connectivity index (χ3n) is 7.05. The molecule has 1 fully saturated rings. The van der Waals surface area contributed by atoms with Crippen LogP contribution in [-0.4, -0.2) is 51.2 Å². The number of imidazole rings is 1. The van der Waals surface area contributed by atoms with Gasteiger partial charge in [0, 0.05) is 59.3 Å². The predicted octanol–water partition coefficient (Wildman–Crippen LogP) is 8.25. The molecule has 0 saturated carbocycles. The summed E-state index contributed by atoms with van der Waals surface area (Å²) in [4.78, 5) is 24.0. The number of aryl methyl sites for hydroxylation is 1. The first-order chi connectivity index (χ1) is 21.7. The summed E-state index contributed by atoms with van der Waals surface area (Å²) >= 11 is 0. The fourth-order valence-electron chi connectivity index (χ4n) is 5.02. The van der Waals surface area contributed by atoms with E-state index < -0.39 is 0 Å². The Hall–Kier alpha value is -5.02. The zero-order valence-electron chi connectivity index (χ0n) is 26.1. The second-order valence-electron chi connectivity index (χ2n) is 9.84. The third-order valence-corrected chi connectivity index (χ3v) is 7.05. The molecule has 1 saturated heterocycles. The Morgan fingerprint density at radius 3 is 2.25 bits per heavy atom. The highest BCUT2D eigenvalue weighted by Crippen LogP contribution is 2.30. The van der Waals surface area contributed by atoms with Crippen molar-refractivity contribution in [2.45, 2.75) is 34.6 Å². The lowest BCUT2D eigenvalue weighted by molar-refractivity contribution is 0.122. The predicted molar refractivity (Wildman–Crippen MR) is 182 cm³/mol. The highest BCUT2D eigenvalue weighted by atomic mass is 16.5. The lowest BCUT2D eigenvalue weighted by atomic mass is 10.1. The Morgan fingerprint density at radius 1 is 0.727 bits per heavy atom. The second kappa shape index (κ2) is 14.4. The van der Waals surface area contributed by atoms with Crippen molar-refractivity contribution in [2.24, 2.45) is 0 Å². The van der Waals surface area contributed by atoms with Gasteiger partial charge in [0.2, 0.25) is 0 Å². The average Bonchev–Trinajstić information content (AvgIpc) is 3.51. The minimum absolute atomic E-state index is 0.725. The molecule has 4 aromatic heterocycles. The maximum absolute atomic E-state index is 5.52. The normalized spacial score (nSPS) is 12.6. The van der Waals surface area contributed by atoms with Crippen LogP contribution in [0.15, 0.2) is 85.3 Å². The number of nitrogens with one attached hydrogen (secondary N) is 3. The van der Waals surface area contributed by atoms with Gasteiger partial charge in [-0.05, 0) is 73.7 Å². The van der Waals surface area contributed by atoms with Gasteiger partial charge < -0.3 is 25.3 Å². The molecular formula is C35H40N8O. The van der Waals surface area contributed by atoms with Gasteiger partial charge in [0.25, 0.3) is 0 Å². The highest BCUT2D eigenvalue weighted by Gasteiger charge is 2.13. The van der Waals surface area contributed by atoms with Crippen molar-refractivity contribution in [3.63, 3.8) is 0 Å². The zero-order valence-corrected chi connectivity index (χ0v) is 26.1. The average molecular weight is 589 g/mol. The molecule has 6 aromatic rings. The van der Waals surface area contributed by atoms with E-state index in [0.29, 0.717) is 0 Å². The van der Waals surface area contributed by atoms with E-state index >= 15 is 0 Å². The Morgan fingerprint density at radius 2 is 1.48 bits per heavy atom. The van der Waals surface area contributed by atoms with E-state index in [1.165, 1.54) is 5.69 Å². The van der Waals surface area contributed by atoms with Gasteiger partial charge >= 0.3 is 0 Å². The molecule has 0 aliphatic carbocycles. The van der Waals surface area contributed by atoms with Gasteiger partial charge in [-0.15, -0.1) is 0 Å². The van der Waals surface area contributed by atoms with E-state index in [9.17, 15) is 0 Å². The maximum atomic E-state index is 5.52. The van der Waals surface area contributed by atoms with E-state index in [0.717, 1.165) is 88.2 Å². The molecule has 9 nitrogen and oxygen atoms in total. The van der Waals surface area contributed by atoms with Gasteiger partial charge in [0.15, 0.2) is 5.82 Å². The van der Waals surface area contributed by atoms with Crippen LogP contribution in [0.3, 0.4) is 0 Å². The van der Waals surface area contributed by atoms with Crippen LogP contribution in [0.5, 0.6) is 0 Å². The number of morpholine rings is 1. The van der Waals surface area contributed by atoms with E-state index in [-0.39, 0.29) is 0 Å². The van der Waals surface area contributed by atoms with E-state index in [1.807, 2.05) is 89.5 Å². The van der Waals surface area contributed by atoms with Crippen molar-refractivity contribution in [3.05, 3.63) is 91.0 Å². The summed E-state index contributed by atoms with van der Waals surface area (Å²) in [7, 11) is 0. The number of benzene rings is 2. The summed E-state index contributed by atoms with van der Waals surface area (Å²) in [5.41, 5.74) is 9.54. The summed E-state index contributed by atoms with van der Waals surface area (Å²) in [5.74, 6) is 0.725. The van der Waals surface area contributed by atoms with Crippen molar-refractivity contribution in [1.82, 2.24) is 24.9 Å². The number of pyridine rings is 3. The minimum Gasteiger partial charge on any atom is -0.378 e. The molecule has 3 N–H and O–H groups in total. The number of ether oxygens (including phenoxy) is 1. The number of aromatic amines is 1. The van der Waals surface area contributed by atoms with Crippen molar-refractivity contribution < 1.29 is 4.74 Å². The SMILES string of the molecule is CC.CC.Cc1cc(Nc2ccc3nc(-c4ccc(Nc5ccnc6ccc(N7CCOCC7)cc56)cn4)[nH]c3c2)ccn1. The van der Waals surface area contributed by atoms with Crippen LogP contribution in [0.25, 0.3) is 33.5 Å². The number of hydrogen-bond acceptors (Lipinski definition) is 8. The molecule has 0 unspecified atom stereocenters. The van der Waals surface area contributed by atoms with Crippen LogP contribution in [-0.2, 0) is 4.74 Å². The van der Waals surface area contributed by atoms with Gasteiger partial charge in [-0.1, -0.05) is 27.7 Å². The number of hydrogen-bond donors (Lipinski definition) is 3. The largest absolute Gasteiger partial charge is 0.378 e. The van der Waals surface area contributed by atoms with Crippen molar-refractivity contribution in [2.75, 3.05) is 41.8 Å². The summed E-state index contributed by atoms with van der Waals surface area (Å²) in [6.07, 6.45) is 5.46. The molecule has 44 heavy (non-hydrogen) atoms. The molecule has 0 amide bonds. The fourth-order valence-corrected chi connectivity index (χ4v) is 5.02. The van der Waals surface area contributed by atoms with E-state index in [4.69, 9.17) is 14.7 Å². The minimum atomic E-state index is 0.725. The smallest absolute Gasteiger partial charge is 0.157 e. The molecule has 0 atom stereocenters. The standard InChI is InChI=1S/C31H28N8O.2C2H6/c1-20-16-22(8-10-32-20)35-21-2-5-28-30(17-21)38-31(37-28)29-6-3-23(19-34-29)36-27-9-11-33-26-7-4-24(18-25(26)27)39-12-14-40-15-13-39;2*1-2/h2-11,16-19H,12-15H2,1H3,(H,32,35)(H,33,36)(H,37,38);2*1-2H3. The molecule has 7 rings (SSSR count). The lowest BCUT2D eigenvalue weighted by Crippen LogP contribution is -2.36. The Labute approximate surface area is 258 Å². The number of nitrogens with zero attached hydrogens (tertiary/aromatic N) is 5. The van der Waals surface area contributed by atoms with Crippen LogP contribution in [0.1, 0.15) is 33.4 Å². The second-order valence-corrected chi connectivity index (χ2v) is 9.84. The molecule has 0 bridgehead atoms. The third kappa shape index (κ3) is 6.95. The van der Waals surface area contributed by atoms with Crippen molar-refractivity contribution >= 4 is 50.4 Å². The van der Waals surface area contributed by atoms with E-state index in [1.54, 1.807) is 6.20 Å². The molecule has 5 heterocycles. The molecule has 1 aliphatic rings. The first kappa shape index (κ1) is 30.4. The molecule has 0 spiro atoms. The van der Waals surface area contributed by atoms with E-state index in [2.05, 4.69) is 54.8 Å². The zero-order chi connectivity index (χ0) is 30.9. The van der Waals surface area contributed by atoms with Crippen molar-refractivity contribution in [1.29, 1.82) is 0 Å². The van der Waals surface area contributed by atoms with Crippen LogP contribution in [0.2, 0.25) is 0 Å². The monoisotopic (exact) mass is 588 g/mol. The van der Waals surface area contributed by atoms with Gasteiger partial charge in [0.05, 0.1) is 41.6 Å². The number of fused-ring (bicyclic) bond motifs is 2. The highest BCUT2D eigenvalue weighted by molar-refractivity contribution is 5.95. The number of anilines is 5. The first-order valence-electron chi connectivity index (χ1n) is 15.3. The van der Waals surface area contributed by atoms with Gasteiger partial charge in [-0.3, -0.25) is 15.0 Å². The Bertz CT molecular complexity index is 1810. The van der Waals surface area contributed by atoms with Crippen LogP contribution in [0, 0.1) is 6.92 Å². The van der Waals surface area contributed by atoms with Crippen molar-refractivity contribution in [3.8, 4) is 11.5 Å². The first-order valence-corrected chi connectivity index (χ1v) is 15.3. The number of rotatable bonds is 6. The topological polar surface area (TPSA) is 104 Å². The molecule has 0 radical (unpaired) electrons. The Kier molecular flexibility index (Phi) is 9.99. The van der Waals surface area contributed by atoms with Gasteiger partial charge in [-0.25, -0.2) is 4.98 Å². The quantitative estimate of drug-likeness (QED) is 0.179. The Balaban J connectivity index is 0.000000924. The number of aromatic nitrogens is 5. The lowest BCUT2D eigenvalue weighted by Gasteiger charge is -2.29. The maximum Gasteiger partial charge on any atom is 0.157 e. The van der Waals surface area contributed by atoms with Crippen LogP contribution >= 0.6 is 0 Å². The van der Waals surface area contributed by atoms with Crippen LogP contribution in [0.4, 0.5) is 28.4 Å². The van der Waals surface area contributed by atoms with Crippen LogP contribution < -0.4 is 15.5 Å². The molecule has 9 heteroatoms. The summed E-state index contributed by atoms with van der Waals surface area (Å²) in [6, 6.07) is 22.4.